The maximum absolute atomic E-state index is 13.2. The molecule has 0 fully saturated rings. The van der Waals surface area contributed by atoms with Gasteiger partial charge >= 0.3 is 0 Å². The van der Waals surface area contributed by atoms with Gasteiger partial charge in [0, 0.05) is 37.1 Å². The van der Waals surface area contributed by atoms with Crippen LogP contribution in [0, 0.1) is 6.92 Å². The van der Waals surface area contributed by atoms with E-state index in [0.29, 0.717) is 49.8 Å². The normalized spacial score (nSPS) is 14.9. The smallest absolute Gasteiger partial charge is 0.254 e. The van der Waals surface area contributed by atoms with Crippen molar-refractivity contribution in [2.45, 2.75) is 32.2 Å². The quantitative estimate of drug-likeness (QED) is 0.567. The molecule has 2 aliphatic rings. The van der Waals surface area contributed by atoms with E-state index in [4.69, 9.17) is 9.47 Å². The average molecular weight is 494 g/mol. The summed E-state index contributed by atoms with van der Waals surface area (Å²) in [6.07, 6.45) is 2.42. The third kappa shape index (κ3) is 5.16. The van der Waals surface area contributed by atoms with Crippen LogP contribution < -0.4 is 14.2 Å². The van der Waals surface area contributed by atoms with E-state index in [-0.39, 0.29) is 18.2 Å². The first kappa shape index (κ1) is 23.3. The van der Waals surface area contributed by atoms with Crippen LogP contribution >= 0.6 is 0 Å². The first-order chi connectivity index (χ1) is 16.9. The van der Waals surface area contributed by atoms with Gasteiger partial charge in [0.05, 0.1) is 5.75 Å². The number of carbonyl (C=O) groups excluding carboxylic acids is 1. The molecule has 0 saturated carbocycles. The Kier molecular flexibility index (Phi) is 6.44. The lowest BCUT2D eigenvalue weighted by molar-refractivity contribution is 0.0733. The van der Waals surface area contributed by atoms with Gasteiger partial charge in [0.25, 0.3) is 5.91 Å². The number of aromatic nitrogens is 1. The van der Waals surface area contributed by atoms with Gasteiger partial charge in [-0.3, -0.25) is 9.78 Å². The molecule has 0 atom stereocenters. The molecule has 0 aliphatic carbocycles. The fourth-order valence-electron chi connectivity index (χ4n) is 4.52. The van der Waals surface area contributed by atoms with Gasteiger partial charge in [-0.05, 0) is 53.8 Å². The number of benzene rings is 2. The summed E-state index contributed by atoms with van der Waals surface area (Å²) in [5, 5.41) is 0. The maximum atomic E-state index is 13.2. The van der Waals surface area contributed by atoms with Crippen molar-refractivity contribution >= 4 is 15.9 Å². The Labute approximate surface area is 204 Å². The molecular weight excluding hydrogens is 466 g/mol. The standard InChI is InChI=1S/C26H27N3O5S/c1-18-23(15-28-35(31,32)17-19-5-3-2-4-6-19)22-9-10-29(16-21(22)14-27-18)26(30)20-7-8-24-25(13-20)34-12-11-33-24/h2-8,13-14,28H,9-12,15-17H2,1H3. The molecule has 35 heavy (non-hydrogen) atoms. The number of aryl methyl sites for hydroxylation is 1. The number of carbonyl (C=O) groups is 1. The van der Waals surface area contributed by atoms with Gasteiger partial charge in [-0.1, -0.05) is 30.3 Å². The van der Waals surface area contributed by atoms with Gasteiger partial charge < -0.3 is 14.4 Å². The van der Waals surface area contributed by atoms with Crippen LogP contribution in [0.4, 0.5) is 0 Å². The third-order valence-corrected chi connectivity index (χ3v) is 7.64. The number of sulfonamides is 1. The van der Waals surface area contributed by atoms with Crippen LogP contribution in [-0.4, -0.2) is 44.0 Å². The van der Waals surface area contributed by atoms with E-state index in [1.165, 1.54) is 0 Å². The molecule has 0 unspecified atom stereocenters. The molecule has 2 aliphatic heterocycles. The van der Waals surface area contributed by atoms with E-state index in [1.807, 2.05) is 25.1 Å². The highest BCUT2D eigenvalue weighted by molar-refractivity contribution is 7.88. The highest BCUT2D eigenvalue weighted by Crippen LogP contribution is 2.32. The van der Waals surface area contributed by atoms with E-state index in [9.17, 15) is 13.2 Å². The van der Waals surface area contributed by atoms with Gasteiger partial charge in [0.15, 0.2) is 11.5 Å². The summed E-state index contributed by atoms with van der Waals surface area (Å²) in [5.74, 6) is 1.07. The van der Waals surface area contributed by atoms with Crippen molar-refractivity contribution in [1.29, 1.82) is 0 Å². The molecule has 2 aromatic carbocycles. The van der Waals surface area contributed by atoms with E-state index < -0.39 is 10.0 Å². The number of ether oxygens (including phenoxy) is 2. The predicted molar refractivity (Wildman–Crippen MR) is 131 cm³/mol. The molecule has 0 radical (unpaired) electrons. The molecule has 1 amide bonds. The molecule has 1 aromatic heterocycles. The summed E-state index contributed by atoms with van der Waals surface area (Å²) in [5.41, 5.74) is 4.95. The molecule has 0 bridgehead atoms. The molecule has 3 aromatic rings. The summed E-state index contributed by atoms with van der Waals surface area (Å²) >= 11 is 0. The zero-order valence-electron chi connectivity index (χ0n) is 19.5. The predicted octanol–water partition coefficient (Wildman–Crippen LogP) is 2.98. The minimum atomic E-state index is -3.51. The number of hydrogen-bond acceptors (Lipinski definition) is 6. The number of nitrogens with one attached hydrogen (secondary N) is 1. The zero-order chi connectivity index (χ0) is 24.4. The number of fused-ring (bicyclic) bond motifs is 2. The topological polar surface area (TPSA) is 97.8 Å². The van der Waals surface area contributed by atoms with Crippen molar-refractivity contribution in [3.05, 3.63) is 88.2 Å². The second kappa shape index (κ2) is 9.67. The second-order valence-electron chi connectivity index (χ2n) is 8.73. The molecule has 3 heterocycles. The van der Waals surface area contributed by atoms with E-state index in [1.54, 1.807) is 41.4 Å². The average Bonchev–Trinajstić information content (AvgIpc) is 2.87. The van der Waals surface area contributed by atoms with Crippen LogP contribution in [0.2, 0.25) is 0 Å². The second-order valence-corrected chi connectivity index (χ2v) is 10.5. The molecule has 0 saturated heterocycles. The largest absolute Gasteiger partial charge is 0.486 e. The summed E-state index contributed by atoms with van der Waals surface area (Å²) in [6.45, 7) is 3.97. The number of pyridine rings is 1. The van der Waals surface area contributed by atoms with E-state index in [2.05, 4.69) is 9.71 Å². The number of hydrogen-bond donors (Lipinski definition) is 1. The Morgan fingerprint density at radius 3 is 2.66 bits per heavy atom. The third-order valence-electron chi connectivity index (χ3n) is 6.34. The van der Waals surface area contributed by atoms with Crippen molar-refractivity contribution in [2.75, 3.05) is 19.8 Å². The Balaban J connectivity index is 1.30. The molecule has 9 heteroatoms. The first-order valence-corrected chi connectivity index (χ1v) is 13.2. The van der Waals surface area contributed by atoms with Crippen molar-refractivity contribution < 1.29 is 22.7 Å². The van der Waals surface area contributed by atoms with Crippen LogP contribution in [0.3, 0.4) is 0 Å². The Morgan fingerprint density at radius 2 is 1.86 bits per heavy atom. The minimum absolute atomic E-state index is 0.0762. The minimum Gasteiger partial charge on any atom is -0.486 e. The summed E-state index contributed by atoms with van der Waals surface area (Å²) in [7, 11) is -3.51. The molecule has 1 N–H and O–H groups in total. The molecule has 8 nitrogen and oxygen atoms in total. The molecule has 5 rings (SSSR count). The van der Waals surface area contributed by atoms with E-state index in [0.717, 1.165) is 27.9 Å². The summed E-state index contributed by atoms with van der Waals surface area (Å²) in [4.78, 5) is 19.5. The van der Waals surface area contributed by atoms with E-state index >= 15 is 0 Å². The SMILES string of the molecule is Cc1ncc2c(c1CNS(=O)(=O)Cc1ccccc1)CCN(C(=O)c1ccc3c(c1)OCCO3)C2. The number of amides is 1. The Bertz CT molecular complexity index is 1360. The lowest BCUT2D eigenvalue weighted by Gasteiger charge is -2.31. The van der Waals surface area contributed by atoms with Gasteiger partial charge in [-0.2, -0.15) is 0 Å². The molecule has 182 valence electrons. The highest BCUT2D eigenvalue weighted by Gasteiger charge is 2.26. The number of rotatable bonds is 6. The maximum Gasteiger partial charge on any atom is 0.254 e. The van der Waals surface area contributed by atoms with Crippen molar-refractivity contribution in [2.24, 2.45) is 0 Å². The first-order valence-electron chi connectivity index (χ1n) is 11.6. The van der Waals surface area contributed by atoms with Gasteiger partial charge in [0.1, 0.15) is 13.2 Å². The summed E-state index contributed by atoms with van der Waals surface area (Å²) < 4.78 is 39.2. The number of nitrogens with zero attached hydrogens (tertiary/aromatic N) is 2. The summed E-state index contributed by atoms with van der Waals surface area (Å²) in [6, 6.07) is 14.3. The van der Waals surface area contributed by atoms with Gasteiger partial charge in [-0.25, -0.2) is 13.1 Å². The van der Waals surface area contributed by atoms with Crippen LogP contribution in [0.1, 0.15) is 38.3 Å². The molecule has 0 spiro atoms. The fraction of sp³-hybridized carbons (Fsp3) is 0.308. The Morgan fingerprint density at radius 1 is 1.09 bits per heavy atom. The monoisotopic (exact) mass is 493 g/mol. The Hall–Kier alpha value is -3.43. The van der Waals surface area contributed by atoms with Crippen molar-refractivity contribution in [1.82, 2.24) is 14.6 Å². The van der Waals surface area contributed by atoms with Crippen molar-refractivity contribution in [3.63, 3.8) is 0 Å². The fourth-order valence-corrected chi connectivity index (χ4v) is 5.61. The van der Waals surface area contributed by atoms with Crippen LogP contribution in [0.5, 0.6) is 11.5 Å². The van der Waals surface area contributed by atoms with Crippen molar-refractivity contribution in [3.8, 4) is 11.5 Å². The van der Waals surface area contributed by atoms with Crippen LogP contribution in [0.25, 0.3) is 0 Å². The lowest BCUT2D eigenvalue weighted by atomic mass is 9.94. The highest BCUT2D eigenvalue weighted by atomic mass is 32.2. The lowest BCUT2D eigenvalue weighted by Crippen LogP contribution is -2.37. The zero-order valence-corrected chi connectivity index (χ0v) is 20.3. The van der Waals surface area contributed by atoms with Crippen LogP contribution in [0.15, 0.2) is 54.7 Å². The van der Waals surface area contributed by atoms with Gasteiger partial charge in [0.2, 0.25) is 10.0 Å². The van der Waals surface area contributed by atoms with Gasteiger partial charge in [-0.15, -0.1) is 0 Å². The molecular formula is C26H27N3O5S. The van der Waals surface area contributed by atoms with Crippen LogP contribution in [-0.2, 0) is 35.3 Å².